The van der Waals surface area contributed by atoms with Crippen LogP contribution in [0.25, 0.3) is 0 Å². The Hall–Kier alpha value is -0.830. The molecule has 3 heteroatoms. The lowest BCUT2D eigenvalue weighted by Gasteiger charge is -2.09. The third kappa shape index (κ3) is 13.9. The molecule has 0 aliphatic heterocycles. The molecule has 0 saturated carbocycles. The van der Waals surface area contributed by atoms with E-state index in [-0.39, 0.29) is 0 Å². The van der Waals surface area contributed by atoms with E-state index in [1.54, 1.807) is 0 Å². The molecular weight excluding hydrogens is 264 g/mol. The third-order valence-electron chi connectivity index (χ3n) is 3.72. The van der Waals surface area contributed by atoms with Crippen LogP contribution in [-0.4, -0.2) is 24.3 Å². The summed E-state index contributed by atoms with van der Waals surface area (Å²) in [7, 11) is 1.46. The second-order valence-corrected chi connectivity index (χ2v) is 6.20. The molecule has 124 valence electrons. The van der Waals surface area contributed by atoms with Gasteiger partial charge in [0.25, 0.3) is 0 Å². The number of unbranched alkanes of at least 4 members (excludes halogenated alkanes) is 6. The second kappa shape index (κ2) is 14.1. The Morgan fingerprint density at radius 3 is 2.00 bits per heavy atom. The van der Waals surface area contributed by atoms with Crippen molar-refractivity contribution in [2.24, 2.45) is 5.92 Å². The molecule has 0 aliphatic rings. The van der Waals surface area contributed by atoms with E-state index in [4.69, 9.17) is 9.84 Å². The van der Waals surface area contributed by atoms with Crippen molar-refractivity contribution in [2.75, 3.05) is 7.11 Å². The molecule has 0 fully saturated rings. The summed E-state index contributed by atoms with van der Waals surface area (Å²) in [6.07, 6.45) is 15.3. The molecule has 1 N–H and O–H groups in total. The lowest BCUT2D eigenvalue weighted by molar-refractivity contribution is -0.148. The van der Waals surface area contributed by atoms with Gasteiger partial charge >= 0.3 is 5.97 Å². The van der Waals surface area contributed by atoms with Gasteiger partial charge in [-0.05, 0) is 38.0 Å². The summed E-state index contributed by atoms with van der Waals surface area (Å²) < 4.78 is 4.91. The fourth-order valence-corrected chi connectivity index (χ4v) is 2.34. The van der Waals surface area contributed by atoms with Crippen LogP contribution in [0.3, 0.4) is 0 Å². The van der Waals surface area contributed by atoms with Crippen molar-refractivity contribution < 1.29 is 14.6 Å². The molecule has 0 radical (unpaired) electrons. The summed E-state index contributed by atoms with van der Waals surface area (Å²) in [5.74, 6) is -0.0225. The number of carbonyl (C=O) groups is 1. The van der Waals surface area contributed by atoms with Gasteiger partial charge in [-0.2, -0.15) is 0 Å². The number of carboxylic acids is 1. The molecule has 3 nitrogen and oxygen atoms in total. The Labute approximate surface area is 130 Å². The number of hydrogen-bond acceptors (Lipinski definition) is 2. The average molecular weight is 298 g/mol. The summed E-state index contributed by atoms with van der Waals surface area (Å²) >= 11 is 0. The SMILES string of the molecule is COC(CCCCCC/C=C\CCCCC(C)C)C(=O)O. The van der Waals surface area contributed by atoms with E-state index in [9.17, 15) is 4.79 Å². The van der Waals surface area contributed by atoms with Crippen molar-refractivity contribution in [1.82, 2.24) is 0 Å². The predicted octanol–water partition coefficient (Wildman–Crippen LogP) is 5.20. The van der Waals surface area contributed by atoms with Gasteiger partial charge in [0, 0.05) is 7.11 Å². The van der Waals surface area contributed by atoms with Gasteiger partial charge in [0.15, 0.2) is 6.10 Å². The lowest BCUT2D eigenvalue weighted by atomic mass is 10.0. The highest BCUT2D eigenvalue weighted by atomic mass is 16.5. The molecule has 0 aromatic rings. The third-order valence-corrected chi connectivity index (χ3v) is 3.72. The first kappa shape index (κ1) is 20.2. The van der Waals surface area contributed by atoms with Crippen molar-refractivity contribution >= 4 is 5.97 Å². The minimum Gasteiger partial charge on any atom is -0.479 e. The first-order chi connectivity index (χ1) is 10.1. The zero-order valence-electron chi connectivity index (χ0n) is 14.1. The van der Waals surface area contributed by atoms with Crippen LogP contribution >= 0.6 is 0 Å². The molecule has 0 bridgehead atoms. The summed E-state index contributed by atoms with van der Waals surface area (Å²) in [5.41, 5.74) is 0. The van der Waals surface area contributed by atoms with Gasteiger partial charge in [-0.1, -0.05) is 58.1 Å². The van der Waals surface area contributed by atoms with E-state index in [0.29, 0.717) is 6.42 Å². The van der Waals surface area contributed by atoms with E-state index < -0.39 is 12.1 Å². The second-order valence-electron chi connectivity index (χ2n) is 6.20. The maximum atomic E-state index is 10.7. The quantitative estimate of drug-likeness (QED) is 0.354. The standard InChI is InChI=1S/C18H34O3/c1-16(2)14-12-10-8-6-4-5-7-9-11-13-15-17(21-3)18(19)20/h4,6,16-17H,5,7-15H2,1-3H3,(H,19,20)/b6-4-. The van der Waals surface area contributed by atoms with Crippen molar-refractivity contribution in [1.29, 1.82) is 0 Å². The maximum absolute atomic E-state index is 10.7. The number of methoxy groups -OCH3 is 1. The van der Waals surface area contributed by atoms with Crippen molar-refractivity contribution in [3.05, 3.63) is 12.2 Å². The highest BCUT2D eigenvalue weighted by molar-refractivity contribution is 5.72. The highest BCUT2D eigenvalue weighted by Crippen LogP contribution is 2.11. The number of ether oxygens (including phenoxy) is 1. The molecular formula is C18H34O3. The van der Waals surface area contributed by atoms with Crippen LogP contribution in [0.2, 0.25) is 0 Å². The summed E-state index contributed by atoms with van der Waals surface area (Å²) in [6.45, 7) is 4.56. The normalized spacial score (nSPS) is 13.1. The van der Waals surface area contributed by atoms with Gasteiger partial charge in [0.05, 0.1) is 0 Å². The lowest BCUT2D eigenvalue weighted by Crippen LogP contribution is -2.21. The largest absolute Gasteiger partial charge is 0.479 e. The molecule has 1 atom stereocenters. The molecule has 0 aromatic heterocycles. The summed E-state index contributed by atoms with van der Waals surface area (Å²) in [5, 5.41) is 8.83. The Bertz CT molecular complexity index is 272. The number of rotatable bonds is 14. The number of carboxylic acid groups (broad SMARTS) is 1. The van der Waals surface area contributed by atoms with Crippen LogP contribution in [0.5, 0.6) is 0 Å². The van der Waals surface area contributed by atoms with E-state index >= 15 is 0 Å². The molecule has 0 spiro atoms. The zero-order valence-corrected chi connectivity index (χ0v) is 14.1. The maximum Gasteiger partial charge on any atom is 0.332 e. The van der Waals surface area contributed by atoms with Crippen LogP contribution in [0.4, 0.5) is 0 Å². The summed E-state index contributed by atoms with van der Waals surface area (Å²) in [6, 6.07) is 0. The number of hydrogen-bond donors (Lipinski definition) is 1. The van der Waals surface area contributed by atoms with Gasteiger partial charge in [0.2, 0.25) is 0 Å². The Morgan fingerprint density at radius 1 is 0.952 bits per heavy atom. The van der Waals surface area contributed by atoms with Crippen LogP contribution in [0, 0.1) is 5.92 Å². The first-order valence-corrected chi connectivity index (χ1v) is 8.48. The van der Waals surface area contributed by atoms with Gasteiger partial charge in [0.1, 0.15) is 0 Å². The predicted molar refractivity (Wildman–Crippen MR) is 88.6 cm³/mol. The Morgan fingerprint density at radius 2 is 1.48 bits per heavy atom. The van der Waals surface area contributed by atoms with Gasteiger partial charge < -0.3 is 9.84 Å². The number of aliphatic carboxylic acids is 1. The average Bonchev–Trinajstić information content (AvgIpc) is 2.43. The minimum atomic E-state index is -0.849. The van der Waals surface area contributed by atoms with Gasteiger partial charge in [-0.25, -0.2) is 4.79 Å². The topological polar surface area (TPSA) is 46.5 Å². The van der Waals surface area contributed by atoms with Crippen LogP contribution < -0.4 is 0 Å². The van der Waals surface area contributed by atoms with E-state index in [2.05, 4.69) is 26.0 Å². The highest BCUT2D eigenvalue weighted by Gasteiger charge is 2.14. The van der Waals surface area contributed by atoms with Gasteiger partial charge in [-0.15, -0.1) is 0 Å². The van der Waals surface area contributed by atoms with E-state index in [0.717, 1.165) is 25.2 Å². The van der Waals surface area contributed by atoms with Crippen molar-refractivity contribution in [3.63, 3.8) is 0 Å². The van der Waals surface area contributed by atoms with Gasteiger partial charge in [-0.3, -0.25) is 0 Å². The minimum absolute atomic E-state index is 0.623. The monoisotopic (exact) mass is 298 g/mol. The Kier molecular flexibility index (Phi) is 13.6. The van der Waals surface area contributed by atoms with Crippen LogP contribution in [0.15, 0.2) is 12.2 Å². The molecule has 0 saturated heterocycles. The van der Waals surface area contributed by atoms with Crippen LogP contribution in [-0.2, 0) is 9.53 Å². The van der Waals surface area contributed by atoms with E-state index in [1.165, 1.54) is 45.6 Å². The molecule has 0 heterocycles. The molecule has 1 unspecified atom stereocenters. The molecule has 21 heavy (non-hydrogen) atoms. The zero-order chi connectivity index (χ0) is 15.9. The molecule has 0 rings (SSSR count). The smallest absolute Gasteiger partial charge is 0.332 e. The fraction of sp³-hybridized carbons (Fsp3) is 0.833. The molecule has 0 aromatic carbocycles. The first-order valence-electron chi connectivity index (χ1n) is 8.48. The summed E-state index contributed by atoms with van der Waals surface area (Å²) in [4.78, 5) is 10.7. The van der Waals surface area contributed by atoms with E-state index in [1.807, 2.05) is 0 Å². The Balaban J connectivity index is 3.30. The fourth-order valence-electron chi connectivity index (χ4n) is 2.34. The van der Waals surface area contributed by atoms with Crippen molar-refractivity contribution in [2.45, 2.75) is 84.2 Å². The number of allylic oxidation sites excluding steroid dienone is 2. The molecule has 0 aliphatic carbocycles. The molecule has 0 amide bonds. The van der Waals surface area contributed by atoms with Crippen LogP contribution in [0.1, 0.15) is 78.1 Å². The van der Waals surface area contributed by atoms with Crippen molar-refractivity contribution in [3.8, 4) is 0 Å².